The van der Waals surface area contributed by atoms with E-state index in [2.05, 4.69) is 10.6 Å². The Kier molecular flexibility index (Phi) is 7.98. The summed E-state index contributed by atoms with van der Waals surface area (Å²) in [6.45, 7) is 0.722. The highest BCUT2D eigenvalue weighted by molar-refractivity contribution is 5.97. The van der Waals surface area contributed by atoms with Crippen LogP contribution in [0, 0.1) is 0 Å². The minimum Gasteiger partial charge on any atom is -0.497 e. The van der Waals surface area contributed by atoms with E-state index in [1.165, 1.54) is 24.3 Å². The van der Waals surface area contributed by atoms with Crippen molar-refractivity contribution in [1.82, 2.24) is 16.1 Å². The summed E-state index contributed by atoms with van der Waals surface area (Å²) in [6, 6.07) is 13.7. The molecule has 0 saturated heterocycles. The second-order valence-electron chi connectivity index (χ2n) is 6.01. The number of nitrogens with two attached hydrogens (primary N) is 1. The number of hydrazine groups is 1. The fraction of sp³-hybridized carbons (Fsp3) is 0.250. The van der Waals surface area contributed by atoms with Gasteiger partial charge in [-0.3, -0.25) is 19.8 Å². The molecule has 0 aliphatic carbocycles. The molecule has 0 saturated carbocycles. The minimum absolute atomic E-state index is 0.141. The molecule has 8 nitrogen and oxygen atoms in total. The fourth-order valence-corrected chi connectivity index (χ4v) is 2.51. The fourth-order valence-electron chi connectivity index (χ4n) is 2.51. The van der Waals surface area contributed by atoms with Crippen LogP contribution in [0.2, 0.25) is 0 Å². The van der Waals surface area contributed by atoms with Crippen molar-refractivity contribution in [3.8, 4) is 5.75 Å². The standard InChI is InChI=1S/C20H24N4O4/c1-28-17-4-2-3-14(13-17)9-11-22-18(25)10-12-23-19(26)15-5-7-16(8-6-15)20(27)24-21/h2-8,13H,9-12,21H2,1H3,(H,22,25)(H,23,26)(H,24,27). The van der Waals surface area contributed by atoms with Gasteiger partial charge in [-0.15, -0.1) is 0 Å². The molecule has 0 unspecified atom stereocenters. The number of hydrogen-bond acceptors (Lipinski definition) is 5. The third-order valence-electron chi connectivity index (χ3n) is 4.05. The maximum Gasteiger partial charge on any atom is 0.265 e. The summed E-state index contributed by atoms with van der Waals surface area (Å²) in [4.78, 5) is 35.3. The summed E-state index contributed by atoms with van der Waals surface area (Å²) in [5, 5.41) is 5.50. The summed E-state index contributed by atoms with van der Waals surface area (Å²) in [6.07, 6.45) is 0.871. The van der Waals surface area contributed by atoms with Crippen LogP contribution in [0.25, 0.3) is 0 Å². The molecule has 0 spiro atoms. The van der Waals surface area contributed by atoms with Gasteiger partial charge in [-0.25, -0.2) is 5.84 Å². The van der Waals surface area contributed by atoms with Crippen LogP contribution in [0.1, 0.15) is 32.7 Å². The van der Waals surface area contributed by atoms with Crippen molar-refractivity contribution in [2.45, 2.75) is 12.8 Å². The molecule has 2 aromatic carbocycles. The number of nitrogens with one attached hydrogen (secondary N) is 3. The monoisotopic (exact) mass is 384 g/mol. The van der Waals surface area contributed by atoms with Gasteiger partial charge in [0.05, 0.1) is 7.11 Å². The van der Waals surface area contributed by atoms with Gasteiger partial charge in [-0.2, -0.15) is 0 Å². The number of benzene rings is 2. The number of methoxy groups -OCH3 is 1. The molecule has 2 aromatic rings. The van der Waals surface area contributed by atoms with E-state index in [1.807, 2.05) is 29.7 Å². The van der Waals surface area contributed by atoms with Crippen LogP contribution in [-0.2, 0) is 11.2 Å². The SMILES string of the molecule is COc1cccc(CCNC(=O)CCNC(=O)c2ccc(C(=O)NN)cc2)c1. The summed E-state index contributed by atoms with van der Waals surface area (Å²) in [5.41, 5.74) is 3.84. The van der Waals surface area contributed by atoms with Crippen molar-refractivity contribution in [1.29, 1.82) is 0 Å². The zero-order valence-corrected chi connectivity index (χ0v) is 15.7. The summed E-state index contributed by atoms with van der Waals surface area (Å²) >= 11 is 0. The Labute approximate surface area is 163 Å². The molecule has 28 heavy (non-hydrogen) atoms. The van der Waals surface area contributed by atoms with Crippen molar-refractivity contribution >= 4 is 17.7 Å². The van der Waals surface area contributed by atoms with Crippen molar-refractivity contribution in [3.63, 3.8) is 0 Å². The van der Waals surface area contributed by atoms with Gasteiger partial charge in [0.2, 0.25) is 5.91 Å². The summed E-state index contributed by atoms with van der Waals surface area (Å²) in [5.74, 6) is 4.95. The first-order valence-electron chi connectivity index (χ1n) is 8.82. The van der Waals surface area contributed by atoms with Gasteiger partial charge in [0.1, 0.15) is 5.75 Å². The largest absolute Gasteiger partial charge is 0.497 e. The Bertz CT molecular complexity index is 821. The average Bonchev–Trinajstić information content (AvgIpc) is 2.73. The first-order chi connectivity index (χ1) is 13.5. The molecule has 0 heterocycles. The van der Waals surface area contributed by atoms with Crippen molar-refractivity contribution in [2.75, 3.05) is 20.2 Å². The molecule has 8 heteroatoms. The molecule has 0 atom stereocenters. The molecule has 0 aliphatic heterocycles. The second kappa shape index (κ2) is 10.7. The van der Waals surface area contributed by atoms with E-state index in [4.69, 9.17) is 10.6 Å². The Balaban J connectivity index is 1.68. The zero-order chi connectivity index (χ0) is 20.4. The van der Waals surface area contributed by atoms with E-state index in [1.54, 1.807) is 7.11 Å². The number of carbonyl (C=O) groups excluding carboxylic acids is 3. The molecule has 0 aliphatic rings. The number of ether oxygens (including phenoxy) is 1. The van der Waals surface area contributed by atoms with E-state index >= 15 is 0 Å². The number of amides is 3. The van der Waals surface area contributed by atoms with Gasteiger partial charge in [-0.1, -0.05) is 12.1 Å². The van der Waals surface area contributed by atoms with Gasteiger partial charge in [0.15, 0.2) is 0 Å². The van der Waals surface area contributed by atoms with Gasteiger partial charge >= 0.3 is 0 Å². The van der Waals surface area contributed by atoms with Crippen LogP contribution in [0.3, 0.4) is 0 Å². The van der Waals surface area contributed by atoms with E-state index in [0.29, 0.717) is 24.1 Å². The molecule has 0 aromatic heterocycles. The third kappa shape index (κ3) is 6.40. The van der Waals surface area contributed by atoms with E-state index in [9.17, 15) is 14.4 Å². The van der Waals surface area contributed by atoms with Gasteiger partial charge in [0, 0.05) is 30.6 Å². The normalized spacial score (nSPS) is 10.1. The quantitative estimate of drug-likeness (QED) is 0.289. The predicted octanol–water partition coefficient (Wildman–Crippen LogP) is 0.778. The van der Waals surface area contributed by atoms with Crippen molar-refractivity contribution in [3.05, 3.63) is 65.2 Å². The lowest BCUT2D eigenvalue weighted by Crippen LogP contribution is -2.32. The molecule has 0 bridgehead atoms. The van der Waals surface area contributed by atoms with Crippen LogP contribution in [0.4, 0.5) is 0 Å². The van der Waals surface area contributed by atoms with Crippen LogP contribution in [-0.4, -0.2) is 37.9 Å². The van der Waals surface area contributed by atoms with Crippen LogP contribution < -0.4 is 26.6 Å². The number of nitrogen functional groups attached to an aromatic ring is 1. The highest BCUT2D eigenvalue weighted by atomic mass is 16.5. The molecule has 0 fully saturated rings. The summed E-state index contributed by atoms with van der Waals surface area (Å²) in [7, 11) is 1.61. The van der Waals surface area contributed by atoms with E-state index in [0.717, 1.165) is 11.3 Å². The Hall–Kier alpha value is -3.39. The smallest absolute Gasteiger partial charge is 0.265 e. The Morgan fingerprint density at radius 3 is 2.25 bits per heavy atom. The van der Waals surface area contributed by atoms with Gasteiger partial charge in [0.25, 0.3) is 11.8 Å². The number of rotatable bonds is 9. The number of hydrogen-bond donors (Lipinski definition) is 4. The first-order valence-corrected chi connectivity index (χ1v) is 8.82. The van der Waals surface area contributed by atoms with Crippen LogP contribution in [0.5, 0.6) is 5.75 Å². The molecular weight excluding hydrogens is 360 g/mol. The van der Waals surface area contributed by atoms with Crippen LogP contribution in [0.15, 0.2) is 48.5 Å². The van der Waals surface area contributed by atoms with Crippen molar-refractivity contribution < 1.29 is 19.1 Å². The number of carbonyl (C=O) groups is 3. The van der Waals surface area contributed by atoms with E-state index < -0.39 is 5.91 Å². The highest BCUT2D eigenvalue weighted by Crippen LogP contribution is 2.12. The molecule has 3 amide bonds. The van der Waals surface area contributed by atoms with Gasteiger partial charge in [-0.05, 0) is 48.4 Å². The predicted molar refractivity (Wildman–Crippen MR) is 105 cm³/mol. The lowest BCUT2D eigenvalue weighted by molar-refractivity contribution is -0.120. The molecule has 148 valence electrons. The molecule has 0 radical (unpaired) electrons. The van der Waals surface area contributed by atoms with E-state index in [-0.39, 0.29) is 24.8 Å². The Morgan fingerprint density at radius 2 is 1.61 bits per heavy atom. The lowest BCUT2D eigenvalue weighted by Gasteiger charge is -2.08. The second-order valence-corrected chi connectivity index (χ2v) is 6.01. The maximum absolute atomic E-state index is 12.1. The zero-order valence-electron chi connectivity index (χ0n) is 15.7. The third-order valence-corrected chi connectivity index (χ3v) is 4.05. The molecule has 5 N–H and O–H groups in total. The topological polar surface area (TPSA) is 123 Å². The lowest BCUT2D eigenvalue weighted by atomic mass is 10.1. The average molecular weight is 384 g/mol. The minimum atomic E-state index is -0.433. The van der Waals surface area contributed by atoms with Crippen LogP contribution >= 0.6 is 0 Å². The van der Waals surface area contributed by atoms with Gasteiger partial charge < -0.3 is 15.4 Å². The highest BCUT2D eigenvalue weighted by Gasteiger charge is 2.09. The summed E-state index contributed by atoms with van der Waals surface area (Å²) < 4.78 is 5.17. The Morgan fingerprint density at radius 1 is 0.929 bits per heavy atom. The maximum atomic E-state index is 12.1. The van der Waals surface area contributed by atoms with Crippen molar-refractivity contribution in [2.24, 2.45) is 5.84 Å². The molecule has 2 rings (SSSR count). The molecular formula is C20H24N4O4. The first kappa shape index (κ1) is 20.9.